The average molecular weight is 429 g/mol. The van der Waals surface area contributed by atoms with E-state index in [1.165, 1.54) is 0 Å². The van der Waals surface area contributed by atoms with Crippen molar-refractivity contribution in [3.63, 3.8) is 0 Å². The highest BCUT2D eigenvalue weighted by molar-refractivity contribution is 5.98. The lowest BCUT2D eigenvalue weighted by Crippen LogP contribution is -2.26. The Hall–Kier alpha value is -3.57. The lowest BCUT2D eigenvalue weighted by Gasteiger charge is -2.21. The Kier molecular flexibility index (Phi) is 6.28. The van der Waals surface area contributed by atoms with Gasteiger partial charge in [-0.05, 0) is 35.7 Å². The number of furan rings is 1. The fourth-order valence-corrected chi connectivity index (χ4v) is 4.01. The molecule has 5 heteroatoms. The van der Waals surface area contributed by atoms with E-state index in [1.54, 1.807) is 13.2 Å². The minimum atomic E-state index is -0.282. The van der Waals surface area contributed by atoms with E-state index >= 15 is 0 Å². The van der Waals surface area contributed by atoms with Crippen LogP contribution in [0.2, 0.25) is 0 Å². The number of hydrogen-bond donors (Lipinski definition) is 2. The summed E-state index contributed by atoms with van der Waals surface area (Å²) in [6.07, 6.45) is 0. The van der Waals surface area contributed by atoms with Crippen molar-refractivity contribution < 1.29 is 13.9 Å². The molecule has 5 nitrogen and oxygen atoms in total. The second-order valence-electron chi connectivity index (χ2n) is 8.04. The molecule has 1 aromatic heterocycles. The molecule has 1 heterocycles. The predicted octanol–water partition coefficient (Wildman–Crippen LogP) is 5.74. The Morgan fingerprint density at radius 2 is 1.56 bits per heavy atom. The summed E-state index contributed by atoms with van der Waals surface area (Å²) in [5.41, 5.74) is 10.3. The molecular formula is C27H28N2O3. The maximum atomic E-state index is 13.0. The Morgan fingerprint density at radius 1 is 0.938 bits per heavy atom. The van der Waals surface area contributed by atoms with Gasteiger partial charge < -0.3 is 20.2 Å². The van der Waals surface area contributed by atoms with Crippen molar-refractivity contribution in [1.29, 1.82) is 0 Å². The van der Waals surface area contributed by atoms with E-state index in [9.17, 15) is 4.79 Å². The summed E-state index contributed by atoms with van der Waals surface area (Å²) in [7, 11) is 1.58. The number of nitrogens with one attached hydrogen (secondary N) is 1. The molecule has 3 N–H and O–H groups in total. The van der Waals surface area contributed by atoms with Gasteiger partial charge in [-0.1, -0.05) is 73.7 Å². The van der Waals surface area contributed by atoms with Crippen molar-refractivity contribution in [2.24, 2.45) is 5.73 Å². The van der Waals surface area contributed by atoms with E-state index < -0.39 is 0 Å². The number of methoxy groups -OCH3 is 1. The number of hydrogen-bond acceptors (Lipinski definition) is 4. The second-order valence-corrected chi connectivity index (χ2v) is 8.04. The summed E-state index contributed by atoms with van der Waals surface area (Å²) in [6.45, 7) is 4.05. The molecule has 0 spiro atoms. The van der Waals surface area contributed by atoms with Crippen LogP contribution in [-0.2, 0) is 0 Å². The normalized spacial score (nSPS) is 14.0. The van der Waals surface area contributed by atoms with Crippen molar-refractivity contribution >= 4 is 16.9 Å². The molecule has 3 aromatic carbocycles. The molecule has 0 saturated heterocycles. The highest BCUT2D eigenvalue weighted by atomic mass is 16.5. The topological polar surface area (TPSA) is 77.5 Å². The highest BCUT2D eigenvalue weighted by Gasteiger charge is 2.24. The number of ether oxygens (including phenoxy) is 1. The smallest absolute Gasteiger partial charge is 0.287 e. The van der Waals surface area contributed by atoms with Crippen LogP contribution in [0.1, 0.15) is 59.1 Å². The molecule has 0 fully saturated rings. The highest BCUT2D eigenvalue weighted by Crippen LogP contribution is 2.38. The predicted molar refractivity (Wildman–Crippen MR) is 127 cm³/mol. The summed E-state index contributed by atoms with van der Waals surface area (Å²) >= 11 is 0. The molecule has 0 radical (unpaired) electrons. The number of benzene rings is 3. The van der Waals surface area contributed by atoms with Crippen molar-refractivity contribution in [1.82, 2.24) is 5.32 Å². The lowest BCUT2D eigenvalue weighted by atomic mass is 9.88. The maximum Gasteiger partial charge on any atom is 0.287 e. The second kappa shape index (κ2) is 9.28. The standard InChI is InChI=1S/C27H28N2O3/c1-17(19-10-6-4-7-11-19)25(28)21-14-15-23(31-3)26-22(21)16-24(32-26)27(30)29-18(2)20-12-8-5-9-13-20/h4-18,25H,28H2,1-3H3,(H,29,30)/t17-,18-,25?/m0/s1. The molecule has 3 atom stereocenters. The quantitative estimate of drug-likeness (QED) is 0.394. The van der Waals surface area contributed by atoms with Gasteiger partial charge in [0.1, 0.15) is 0 Å². The van der Waals surface area contributed by atoms with Crippen LogP contribution < -0.4 is 15.8 Å². The van der Waals surface area contributed by atoms with Crippen LogP contribution >= 0.6 is 0 Å². The van der Waals surface area contributed by atoms with E-state index in [0.717, 1.165) is 22.1 Å². The molecule has 1 amide bonds. The zero-order valence-corrected chi connectivity index (χ0v) is 18.5. The minimum absolute atomic E-state index is 0.0816. The largest absolute Gasteiger partial charge is 0.493 e. The first-order valence-electron chi connectivity index (χ1n) is 10.8. The molecule has 4 aromatic rings. The molecule has 32 heavy (non-hydrogen) atoms. The van der Waals surface area contributed by atoms with Crippen LogP contribution in [0, 0.1) is 0 Å². The third-order valence-corrected chi connectivity index (χ3v) is 6.00. The Morgan fingerprint density at radius 3 is 2.19 bits per heavy atom. The summed E-state index contributed by atoms with van der Waals surface area (Å²) in [6, 6.07) is 25.1. The molecule has 0 saturated carbocycles. The third kappa shape index (κ3) is 4.25. The van der Waals surface area contributed by atoms with Crippen LogP contribution in [0.25, 0.3) is 11.0 Å². The zero-order chi connectivity index (χ0) is 22.7. The van der Waals surface area contributed by atoms with Gasteiger partial charge in [-0.3, -0.25) is 4.79 Å². The molecular weight excluding hydrogens is 400 g/mol. The van der Waals surface area contributed by atoms with Gasteiger partial charge in [0, 0.05) is 17.3 Å². The number of fused-ring (bicyclic) bond motifs is 1. The van der Waals surface area contributed by atoms with Gasteiger partial charge in [-0.25, -0.2) is 0 Å². The average Bonchev–Trinajstić information content (AvgIpc) is 3.29. The van der Waals surface area contributed by atoms with E-state index in [0.29, 0.717) is 11.3 Å². The number of nitrogens with two attached hydrogens (primary N) is 1. The van der Waals surface area contributed by atoms with Crippen molar-refractivity contribution in [3.05, 3.63) is 101 Å². The fourth-order valence-electron chi connectivity index (χ4n) is 4.01. The van der Waals surface area contributed by atoms with Gasteiger partial charge in [0.05, 0.1) is 13.2 Å². The van der Waals surface area contributed by atoms with Crippen LogP contribution in [0.5, 0.6) is 5.75 Å². The van der Waals surface area contributed by atoms with Gasteiger partial charge in [0.25, 0.3) is 5.91 Å². The van der Waals surface area contributed by atoms with Crippen LogP contribution in [0.3, 0.4) is 0 Å². The Labute approximate surface area is 188 Å². The molecule has 0 aliphatic rings. The van der Waals surface area contributed by atoms with E-state index in [4.69, 9.17) is 14.9 Å². The van der Waals surface area contributed by atoms with E-state index in [2.05, 4.69) is 24.4 Å². The SMILES string of the molecule is COc1ccc(C(N)[C@@H](C)c2ccccc2)c2cc(C(=O)N[C@@H](C)c3ccccc3)oc12. The molecule has 1 unspecified atom stereocenters. The summed E-state index contributed by atoms with van der Waals surface area (Å²) < 4.78 is 11.5. The van der Waals surface area contributed by atoms with Gasteiger partial charge in [0.15, 0.2) is 17.1 Å². The first-order valence-corrected chi connectivity index (χ1v) is 10.8. The molecule has 164 valence electrons. The summed E-state index contributed by atoms with van der Waals surface area (Å²) in [4.78, 5) is 13.0. The van der Waals surface area contributed by atoms with E-state index in [-0.39, 0.29) is 29.7 Å². The number of carbonyl (C=O) groups is 1. The Balaban J connectivity index is 1.67. The lowest BCUT2D eigenvalue weighted by molar-refractivity contribution is 0.0914. The molecule has 0 bridgehead atoms. The molecule has 4 rings (SSSR count). The fraction of sp³-hybridized carbons (Fsp3) is 0.222. The summed E-state index contributed by atoms with van der Waals surface area (Å²) in [5.74, 6) is 0.597. The maximum absolute atomic E-state index is 13.0. The number of rotatable bonds is 7. The van der Waals surface area contributed by atoms with Gasteiger partial charge >= 0.3 is 0 Å². The molecule has 0 aliphatic heterocycles. The first kappa shape index (κ1) is 21.7. The van der Waals surface area contributed by atoms with Crippen LogP contribution in [0.15, 0.2) is 83.3 Å². The van der Waals surface area contributed by atoms with Crippen molar-refractivity contribution in [2.75, 3.05) is 7.11 Å². The Bertz CT molecular complexity index is 1200. The third-order valence-electron chi connectivity index (χ3n) is 6.00. The van der Waals surface area contributed by atoms with E-state index in [1.807, 2.05) is 67.6 Å². The number of carbonyl (C=O) groups excluding carboxylic acids is 1. The van der Waals surface area contributed by atoms with Crippen LogP contribution in [-0.4, -0.2) is 13.0 Å². The zero-order valence-electron chi connectivity index (χ0n) is 18.5. The molecule has 0 aliphatic carbocycles. The van der Waals surface area contributed by atoms with Crippen molar-refractivity contribution in [2.45, 2.75) is 31.8 Å². The van der Waals surface area contributed by atoms with Crippen molar-refractivity contribution in [3.8, 4) is 5.75 Å². The van der Waals surface area contributed by atoms with Gasteiger partial charge in [-0.15, -0.1) is 0 Å². The first-order chi connectivity index (χ1) is 15.5. The van der Waals surface area contributed by atoms with Crippen LogP contribution in [0.4, 0.5) is 0 Å². The monoisotopic (exact) mass is 428 g/mol. The van der Waals surface area contributed by atoms with Gasteiger partial charge in [-0.2, -0.15) is 0 Å². The number of amides is 1. The minimum Gasteiger partial charge on any atom is -0.493 e. The van der Waals surface area contributed by atoms with Gasteiger partial charge in [0.2, 0.25) is 0 Å². The summed E-state index contributed by atoms with van der Waals surface area (Å²) in [5, 5.41) is 3.79.